The summed E-state index contributed by atoms with van der Waals surface area (Å²) < 4.78 is 0. The van der Waals surface area contributed by atoms with E-state index in [4.69, 9.17) is 5.11 Å². The van der Waals surface area contributed by atoms with Crippen LogP contribution in [0.4, 0.5) is 5.69 Å². The fourth-order valence-electron chi connectivity index (χ4n) is 1.59. The summed E-state index contributed by atoms with van der Waals surface area (Å²) in [6, 6.07) is 7.21. The normalized spacial score (nSPS) is 20.3. The number of ketones is 1. The Balaban J connectivity index is 2.57. The van der Waals surface area contributed by atoms with E-state index in [9.17, 15) is 4.79 Å². The molecule has 1 aliphatic rings. The van der Waals surface area contributed by atoms with Gasteiger partial charge in [-0.3, -0.25) is 9.79 Å². The van der Waals surface area contributed by atoms with Crippen LogP contribution in [0, 0.1) is 5.92 Å². The van der Waals surface area contributed by atoms with Gasteiger partial charge in [0.05, 0.1) is 23.9 Å². The highest BCUT2D eigenvalue weighted by Gasteiger charge is 2.26. The Morgan fingerprint density at radius 2 is 2.14 bits per heavy atom. The highest BCUT2D eigenvalue weighted by Crippen LogP contribution is 2.27. The quantitative estimate of drug-likeness (QED) is 0.729. The molecule has 0 fully saturated rings. The minimum atomic E-state index is -0.296. The van der Waals surface area contributed by atoms with E-state index in [2.05, 4.69) is 4.99 Å². The van der Waals surface area contributed by atoms with E-state index in [-0.39, 0.29) is 18.3 Å². The number of para-hydroxylation sites is 1. The summed E-state index contributed by atoms with van der Waals surface area (Å²) in [6.45, 7) is 1.62. The van der Waals surface area contributed by atoms with Crippen molar-refractivity contribution in [3.05, 3.63) is 29.8 Å². The molecule has 0 spiro atoms. The predicted molar refractivity (Wildman–Crippen MR) is 54.1 cm³/mol. The SMILES string of the molecule is CC1C(=O)c2ccccc2N=C1CO. The Morgan fingerprint density at radius 3 is 2.86 bits per heavy atom. The second-order valence-corrected chi connectivity index (χ2v) is 3.36. The van der Waals surface area contributed by atoms with Gasteiger partial charge in [-0.1, -0.05) is 12.1 Å². The summed E-state index contributed by atoms with van der Waals surface area (Å²) in [7, 11) is 0. The average molecular weight is 189 g/mol. The monoisotopic (exact) mass is 189 g/mol. The topological polar surface area (TPSA) is 49.7 Å². The van der Waals surface area contributed by atoms with Crippen molar-refractivity contribution in [2.24, 2.45) is 10.9 Å². The Labute approximate surface area is 82.1 Å². The highest BCUT2D eigenvalue weighted by molar-refractivity contribution is 6.18. The number of Topliss-reactive ketones (excluding diaryl/α,β-unsaturated/α-hetero) is 1. The first-order chi connectivity index (χ1) is 6.74. The summed E-state index contributed by atoms with van der Waals surface area (Å²) in [5, 5.41) is 9.02. The molecule has 1 atom stereocenters. The molecule has 1 unspecified atom stereocenters. The van der Waals surface area contributed by atoms with Gasteiger partial charge in [0, 0.05) is 5.56 Å². The lowest BCUT2D eigenvalue weighted by atomic mass is 9.91. The fourth-order valence-corrected chi connectivity index (χ4v) is 1.59. The minimum absolute atomic E-state index is 0.0413. The van der Waals surface area contributed by atoms with Gasteiger partial charge in [0.2, 0.25) is 0 Å². The van der Waals surface area contributed by atoms with Gasteiger partial charge in [-0.05, 0) is 19.1 Å². The van der Waals surface area contributed by atoms with E-state index < -0.39 is 0 Å². The maximum absolute atomic E-state index is 11.8. The smallest absolute Gasteiger partial charge is 0.173 e. The molecule has 1 aliphatic heterocycles. The molecule has 72 valence electrons. The Kier molecular flexibility index (Phi) is 2.17. The number of hydrogen-bond acceptors (Lipinski definition) is 3. The Hall–Kier alpha value is -1.48. The molecule has 0 saturated carbocycles. The lowest BCUT2D eigenvalue weighted by Gasteiger charge is -2.18. The molecule has 2 rings (SSSR count). The van der Waals surface area contributed by atoms with Crippen LogP contribution in [-0.2, 0) is 0 Å². The van der Waals surface area contributed by atoms with Gasteiger partial charge in [-0.25, -0.2) is 0 Å². The number of nitrogens with zero attached hydrogens (tertiary/aromatic N) is 1. The van der Waals surface area contributed by atoms with Crippen LogP contribution >= 0.6 is 0 Å². The van der Waals surface area contributed by atoms with Gasteiger partial charge >= 0.3 is 0 Å². The van der Waals surface area contributed by atoms with Gasteiger partial charge < -0.3 is 5.11 Å². The van der Waals surface area contributed by atoms with Crippen LogP contribution in [0.25, 0.3) is 0 Å². The Morgan fingerprint density at radius 1 is 1.43 bits per heavy atom. The van der Waals surface area contributed by atoms with Crippen molar-refractivity contribution in [2.75, 3.05) is 6.61 Å². The van der Waals surface area contributed by atoms with Gasteiger partial charge in [-0.2, -0.15) is 0 Å². The zero-order valence-corrected chi connectivity index (χ0v) is 7.90. The summed E-state index contributed by atoms with van der Waals surface area (Å²) in [5.74, 6) is -0.255. The molecule has 1 aromatic carbocycles. The van der Waals surface area contributed by atoms with E-state index in [0.29, 0.717) is 17.0 Å². The molecule has 0 bridgehead atoms. The third-order valence-corrected chi connectivity index (χ3v) is 2.49. The van der Waals surface area contributed by atoms with Crippen molar-refractivity contribution in [2.45, 2.75) is 6.92 Å². The number of fused-ring (bicyclic) bond motifs is 1. The molecule has 1 aromatic rings. The van der Waals surface area contributed by atoms with Crippen LogP contribution in [0.3, 0.4) is 0 Å². The number of hydrogen-bond donors (Lipinski definition) is 1. The van der Waals surface area contributed by atoms with E-state index in [0.717, 1.165) is 0 Å². The van der Waals surface area contributed by atoms with Crippen LogP contribution in [0.5, 0.6) is 0 Å². The van der Waals surface area contributed by atoms with E-state index >= 15 is 0 Å². The Bertz CT molecular complexity index is 410. The standard InChI is InChI=1S/C11H11NO2/c1-7-10(6-13)12-9-5-3-2-4-8(9)11(7)14/h2-5,7,13H,6H2,1H3. The van der Waals surface area contributed by atoms with Gasteiger partial charge in [-0.15, -0.1) is 0 Å². The van der Waals surface area contributed by atoms with E-state index in [1.165, 1.54) is 0 Å². The van der Waals surface area contributed by atoms with Gasteiger partial charge in [0.15, 0.2) is 5.78 Å². The summed E-state index contributed by atoms with van der Waals surface area (Å²) in [5.41, 5.74) is 1.87. The van der Waals surface area contributed by atoms with Crippen molar-refractivity contribution < 1.29 is 9.90 Å². The first kappa shape index (κ1) is 9.09. The van der Waals surface area contributed by atoms with Gasteiger partial charge in [0.1, 0.15) is 0 Å². The highest BCUT2D eigenvalue weighted by atomic mass is 16.3. The molecule has 1 heterocycles. The molecule has 14 heavy (non-hydrogen) atoms. The van der Waals surface area contributed by atoms with Crippen molar-refractivity contribution in [3.63, 3.8) is 0 Å². The first-order valence-electron chi connectivity index (χ1n) is 4.55. The molecular formula is C11H11NO2. The minimum Gasteiger partial charge on any atom is -0.390 e. The van der Waals surface area contributed by atoms with Crippen LogP contribution in [-0.4, -0.2) is 23.2 Å². The molecule has 3 heteroatoms. The number of aliphatic imine (C=N–C) groups is 1. The van der Waals surface area contributed by atoms with Crippen LogP contribution in [0.1, 0.15) is 17.3 Å². The third-order valence-electron chi connectivity index (χ3n) is 2.49. The second-order valence-electron chi connectivity index (χ2n) is 3.36. The average Bonchev–Trinajstić information content (AvgIpc) is 2.23. The van der Waals surface area contributed by atoms with Crippen molar-refractivity contribution >= 4 is 17.2 Å². The lowest BCUT2D eigenvalue weighted by Crippen LogP contribution is -2.27. The molecular weight excluding hydrogens is 178 g/mol. The number of aliphatic hydroxyl groups is 1. The second kappa shape index (κ2) is 3.35. The van der Waals surface area contributed by atoms with Gasteiger partial charge in [0.25, 0.3) is 0 Å². The van der Waals surface area contributed by atoms with Crippen molar-refractivity contribution in [3.8, 4) is 0 Å². The van der Waals surface area contributed by atoms with E-state index in [1.54, 1.807) is 19.1 Å². The van der Waals surface area contributed by atoms with Crippen LogP contribution < -0.4 is 0 Å². The maximum atomic E-state index is 11.8. The molecule has 0 aliphatic carbocycles. The molecule has 1 N–H and O–H groups in total. The number of rotatable bonds is 1. The van der Waals surface area contributed by atoms with Crippen molar-refractivity contribution in [1.29, 1.82) is 0 Å². The number of carbonyl (C=O) groups is 1. The summed E-state index contributed by atoms with van der Waals surface area (Å²) >= 11 is 0. The largest absolute Gasteiger partial charge is 0.390 e. The summed E-state index contributed by atoms with van der Waals surface area (Å²) in [4.78, 5) is 16.0. The molecule has 3 nitrogen and oxygen atoms in total. The maximum Gasteiger partial charge on any atom is 0.173 e. The zero-order valence-electron chi connectivity index (χ0n) is 7.90. The van der Waals surface area contributed by atoms with Crippen LogP contribution in [0.2, 0.25) is 0 Å². The van der Waals surface area contributed by atoms with Crippen LogP contribution in [0.15, 0.2) is 29.3 Å². The number of aliphatic hydroxyl groups excluding tert-OH is 1. The lowest BCUT2D eigenvalue weighted by molar-refractivity contribution is 0.0957. The molecule has 0 amide bonds. The predicted octanol–water partition coefficient (Wildman–Crippen LogP) is 1.58. The first-order valence-corrected chi connectivity index (χ1v) is 4.55. The molecule has 0 saturated heterocycles. The molecule has 0 radical (unpaired) electrons. The van der Waals surface area contributed by atoms with E-state index in [1.807, 2.05) is 12.1 Å². The number of carbonyl (C=O) groups excluding carboxylic acids is 1. The van der Waals surface area contributed by atoms with Crippen molar-refractivity contribution in [1.82, 2.24) is 0 Å². The molecule has 0 aromatic heterocycles. The zero-order chi connectivity index (χ0) is 10.1. The third kappa shape index (κ3) is 1.26. The summed E-state index contributed by atoms with van der Waals surface area (Å²) in [6.07, 6.45) is 0. The fraction of sp³-hybridized carbons (Fsp3) is 0.273. The number of benzene rings is 1.